The zero-order chi connectivity index (χ0) is 15.1. The first-order chi connectivity index (χ1) is 10.2. The number of rotatable bonds is 5. The smallest absolute Gasteiger partial charge is 0.249 e. The van der Waals surface area contributed by atoms with Crippen LogP contribution in [0.15, 0.2) is 48.7 Å². The molecule has 2 aromatic rings. The Morgan fingerprint density at radius 3 is 2.90 bits per heavy atom. The van der Waals surface area contributed by atoms with E-state index in [9.17, 15) is 4.79 Å². The van der Waals surface area contributed by atoms with Crippen LogP contribution in [0.5, 0.6) is 5.75 Å². The Hall–Kier alpha value is -2.66. The van der Waals surface area contributed by atoms with Crippen molar-refractivity contribution in [3.8, 4) is 5.75 Å². The molecule has 2 rings (SSSR count). The number of benzene rings is 1. The second kappa shape index (κ2) is 7.21. The summed E-state index contributed by atoms with van der Waals surface area (Å²) in [6.45, 7) is -0.0725. The van der Waals surface area contributed by atoms with Gasteiger partial charge in [0.1, 0.15) is 11.6 Å². The van der Waals surface area contributed by atoms with Crippen LogP contribution in [0, 0.1) is 0 Å². The van der Waals surface area contributed by atoms with Gasteiger partial charge in [-0.15, -0.1) is 0 Å². The minimum Gasteiger partial charge on any atom is -0.497 e. The second-order valence-electron chi connectivity index (χ2n) is 4.31. The van der Waals surface area contributed by atoms with Gasteiger partial charge in [0, 0.05) is 12.3 Å². The molecule has 5 heteroatoms. The molecule has 5 nitrogen and oxygen atoms in total. The predicted molar refractivity (Wildman–Crippen MR) is 80.8 cm³/mol. The molecule has 108 valence electrons. The highest BCUT2D eigenvalue weighted by Gasteiger charge is 2.00. The summed E-state index contributed by atoms with van der Waals surface area (Å²) in [5, 5.41) is 11.6. The average Bonchev–Trinajstić information content (AvgIpc) is 2.54. The van der Waals surface area contributed by atoms with Crippen LogP contribution in [0.4, 0.5) is 5.82 Å². The maximum atomic E-state index is 11.8. The number of ether oxygens (including phenoxy) is 1. The Labute approximate surface area is 122 Å². The number of aromatic nitrogens is 1. The van der Waals surface area contributed by atoms with Crippen LogP contribution in [0.1, 0.15) is 11.1 Å². The van der Waals surface area contributed by atoms with Crippen molar-refractivity contribution >= 4 is 17.8 Å². The van der Waals surface area contributed by atoms with Gasteiger partial charge in [0.25, 0.3) is 0 Å². The molecule has 0 bridgehead atoms. The van der Waals surface area contributed by atoms with Gasteiger partial charge in [-0.3, -0.25) is 4.79 Å². The van der Waals surface area contributed by atoms with Gasteiger partial charge in [0.05, 0.1) is 13.7 Å². The number of anilines is 1. The van der Waals surface area contributed by atoms with E-state index in [1.165, 1.54) is 12.3 Å². The van der Waals surface area contributed by atoms with Gasteiger partial charge in [-0.1, -0.05) is 18.2 Å². The highest BCUT2D eigenvalue weighted by molar-refractivity contribution is 6.01. The van der Waals surface area contributed by atoms with Gasteiger partial charge in [0.2, 0.25) is 5.91 Å². The minimum absolute atomic E-state index is 0.0725. The average molecular weight is 284 g/mol. The molecule has 0 aliphatic rings. The number of pyridine rings is 1. The molecule has 0 unspecified atom stereocenters. The van der Waals surface area contributed by atoms with E-state index in [0.29, 0.717) is 11.4 Å². The lowest BCUT2D eigenvalue weighted by molar-refractivity contribution is -0.111. The van der Waals surface area contributed by atoms with Gasteiger partial charge in [-0.25, -0.2) is 4.98 Å². The largest absolute Gasteiger partial charge is 0.497 e. The summed E-state index contributed by atoms with van der Waals surface area (Å²) < 4.78 is 5.11. The lowest BCUT2D eigenvalue weighted by atomic mass is 10.2. The molecule has 1 aromatic carbocycles. The number of carbonyl (C=O) groups excluding carboxylic acids is 1. The Kier molecular flexibility index (Phi) is 5.06. The van der Waals surface area contributed by atoms with Crippen molar-refractivity contribution in [2.45, 2.75) is 6.61 Å². The normalized spacial score (nSPS) is 10.6. The number of amides is 1. The molecule has 0 aliphatic heterocycles. The fraction of sp³-hybridized carbons (Fsp3) is 0.125. The van der Waals surface area contributed by atoms with Crippen LogP contribution in [-0.4, -0.2) is 23.1 Å². The number of methoxy groups -OCH3 is 1. The minimum atomic E-state index is -0.276. The van der Waals surface area contributed by atoms with E-state index in [-0.39, 0.29) is 12.5 Å². The van der Waals surface area contributed by atoms with Crippen molar-refractivity contribution in [2.75, 3.05) is 12.4 Å². The number of carbonyl (C=O) groups is 1. The molecular weight excluding hydrogens is 268 g/mol. The quantitative estimate of drug-likeness (QED) is 0.826. The first-order valence-electron chi connectivity index (χ1n) is 6.40. The number of hydrogen-bond acceptors (Lipinski definition) is 4. The van der Waals surface area contributed by atoms with E-state index in [4.69, 9.17) is 9.84 Å². The Bertz CT molecular complexity index is 636. The van der Waals surface area contributed by atoms with Gasteiger partial charge >= 0.3 is 0 Å². The lowest BCUT2D eigenvalue weighted by Crippen LogP contribution is -2.09. The summed E-state index contributed by atoms with van der Waals surface area (Å²) in [7, 11) is 1.59. The molecule has 1 aromatic heterocycles. The molecule has 1 amide bonds. The van der Waals surface area contributed by atoms with Crippen LogP contribution < -0.4 is 10.1 Å². The van der Waals surface area contributed by atoms with E-state index >= 15 is 0 Å². The summed E-state index contributed by atoms with van der Waals surface area (Å²) in [4.78, 5) is 15.8. The fourth-order valence-electron chi connectivity index (χ4n) is 1.68. The first-order valence-corrected chi connectivity index (χ1v) is 6.40. The highest BCUT2D eigenvalue weighted by atomic mass is 16.5. The van der Waals surface area contributed by atoms with Gasteiger partial charge < -0.3 is 15.2 Å². The van der Waals surface area contributed by atoms with E-state index in [1.807, 2.05) is 24.3 Å². The first kappa shape index (κ1) is 14.7. The molecule has 0 radical (unpaired) electrons. The lowest BCUT2D eigenvalue weighted by Gasteiger charge is -2.02. The third-order valence-electron chi connectivity index (χ3n) is 2.78. The van der Waals surface area contributed by atoms with Crippen molar-refractivity contribution < 1.29 is 14.6 Å². The molecular formula is C16H16N2O3. The van der Waals surface area contributed by atoms with Crippen LogP contribution in [0.25, 0.3) is 6.08 Å². The van der Waals surface area contributed by atoms with E-state index in [0.717, 1.165) is 11.3 Å². The molecule has 1 heterocycles. The monoisotopic (exact) mass is 284 g/mol. The number of nitrogens with zero attached hydrogens (tertiary/aromatic N) is 1. The zero-order valence-electron chi connectivity index (χ0n) is 11.6. The van der Waals surface area contributed by atoms with Crippen molar-refractivity contribution in [1.29, 1.82) is 0 Å². The van der Waals surface area contributed by atoms with Crippen LogP contribution in [-0.2, 0) is 11.4 Å². The molecule has 0 saturated carbocycles. The third-order valence-corrected chi connectivity index (χ3v) is 2.78. The Morgan fingerprint density at radius 2 is 2.24 bits per heavy atom. The molecule has 0 aliphatic carbocycles. The second-order valence-corrected chi connectivity index (χ2v) is 4.31. The fourth-order valence-corrected chi connectivity index (χ4v) is 1.68. The van der Waals surface area contributed by atoms with Crippen LogP contribution in [0.2, 0.25) is 0 Å². The maximum absolute atomic E-state index is 11.8. The summed E-state index contributed by atoms with van der Waals surface area (Å²) in [6.07, 6.45) is 4.64. The van der Waals surface area contributed by atoms with Gasteiger partial charge in [0.15, 0.2) is 0 Å². The highest BCUT2D eigenvalue weighted by Crippen LogP contribution is 2.13. The topological polar surface area (TPSA) is 71.5 Å². The molecule has 21 heavy (non-hydrogen) atoms. The summed E-state index contributed by atoms with van der Waals surface area (Å²) in [5.74, 6) is 0.897. The molecule has 2 N–H and O–H groups in total. The van der Waals surface area contributed by atoms with E-state index in [2.05, 4.69) is 10.3 Å². The summed E-state index contributed by atoms with van der Waals surface area (Å²) in [6, 6.07) is 10.7. The molecule has 0 spiro atoms. The van der Waals surface area contributed by atoms with Crippen molar-refractivity contribution in [3.63, 3.8) is 0 Å². The molecule has 0 saturated heterocycles. The SMILES string of the molecule is COc1cccc(/C=C/C(=O)Nc2ccc(CO)cn2)c1. The van der Waals surface area contributed by atoms with Gasteiger partial charge in [-0.2, -0.15) is 0 Å². The van der Waals surface area contributed by atoms with Crippen molar-refractivity contribution in [3.05, 3.63) is 59.8 Å². The van der Waals surface area contributed by atoms with Crippen molar-refractivity contribution in [2.24, 2.45) is 0 Å². The standard InChI is InChI=1S/C16H16N2O3/c1-21-14-4-2-3-12(9-14)6-8-16(20)18-15-7-5-13(11-19)10-17-15/h2-10,19H,11H2,1H3,(H,17,18,20)/b8-6+. The maximum Gasteiger partial charge on any atom is 0.249 e. The summed E-state index contributed by atoms with van der Waals surface area (Å²) >= 11 is 0. The van der Waals surface area contributed by atoms with Crippen LogP contribution in [0.3, 0.4) is 0 Å². The van der Waals surface area contributed by atoms with Gasteiger partial charge in [-0.05, 0) is 35.4 Å². The number of hydrogen-bond donors (Lipinski definition) is 2. The predicted octanol–water partition coefficient (Wildman–Crippen LogP) is 2.23. The zero-order valence-corrected chi connectivity index (χ0v) is 11.6. The van der Waals surface area contributed by atoms with Crippen molar-refractivity contribution in [1.82, 2.24) is 4.98 Å². The van der Waals surface area contributed by atoms with Crippen LogP contribution >= 0.6 is 0 Å². The Morgan fingerprint density at radius 1 is 1.38 bits per heavy atom. The molecule has 0 fully saturated rings. The number of aliphatic hydroxyl groups is 1. The number of aliphatic hydroxyl groups excluding tert-OH is 1. The number of nitrogens with one attached hydrogen (secondary N) is 1. The molecule has 0 atom stereocenters. The van der Waals surface area contributed by atoms with E-state index < -0.39 is 0 Å². The third kappa shape index (κ3) is 4.43. The Balaban J connectivity index is 1.98. The van der Waals surface area contributed by atoms with E-state index in [1.54, 1.807) is 25.3 Å². The summed E-state index contributed by atoms with van der Waals surface area (Å²) in [5.41, 5.74) is 1.56.